The van der Waals surface area contributed by atoms with Gasteiger partial charge in [0.2, 0.25) is 0 Å². The van der Waals surface area contributed by atoms with Gasteiger partial charge in [0.25, 0.3) is 0 Å². The molecule has 0 aromatic carbocycles. The topological polar surface area (TPSA) is 47.6 Å². The molecule has 2 saturated heterocycles. The van der Waals surface area contributed by atoms with Crippen LogP contribution in [-0.4, -0.2) is 41.8 Å². The lowest BCUT2D eigenvalue weighted by atomic mass is 9.67. The molecule has 2 spiro atoms. The molecule has 2 heterocycles. The van der Waals surface area contributed by atoms with E-state index in [-0.39, 0.29) is 22.6 Å². The minimum absolute atomic E-state index is 0.000269. The third-order valence-corrected chi connectivity index (χ3v) is 8.22. The zero-order valence-corrected chi connectivity index (χ0v) is 22.0. The average Bonchev–Trinajstić information content (AvgIpc) is 2.84. The van der Waals surface area contributed by atoms with Crippen LogP contribution >= 0.6 is 0 Å². The van der Waals surface area contributed by atoms with E-state index in [2.05, 4.69) is 39.9 Å². The Bertz CT molecular complexity index is 598. The van der Waals surface area contributed by atoms with Gasteiger partial charge >= 0.3 is 0 Å². The molecule has 1 aliphatic carbocycles. The van der Waals surface area contributed by atoms with Gasteiger partial charge < -0.3 is 14.8 Å². The minimum Gasteiger partial charge on any atom is -0.384 e. The highest BCUT2D eigenvalue weighted by molar-refractivity contribution is 5.93. The fourth-order valence-electron chi connectivity index (χ4n) is 7.55. The van der Waals surface area contributed by atoms with E-state index >= 15 is 0 Å². The van der Waals surface area contributed by atoms with Crippen molar-refractivity contribution in [2.75, 3.05) is 13.7 Å². The molecule has 3 fully saturated rings. The molecule has 1 N–H and O–H groups in total. The SMILES string of the molecule is COCC(C)CC1C(=O)C2(CC(C)(C)NC(C)(C)C2)OC12CCCCCCCCCCC2. The van der Waals surface area contributed by atoms with E-state index in [1.165, 1.54) is 57.8 Å². The van der Waals surface area contributed by atoms with Crippen LogP contribution < -0.4 is 5.32 Å². The summed E-state index contributed by atoms with van der Waals surface area (Å²) in [5.41, 5.74) is -1.16. The molecule has 4 nitrogen and oxygen atoms in total. The van der Waals surface area contributed by atoms with Crippen LogP contribution in [0.15, 0.2) is 0 Å². The van der Waals surface area contributed by atoms with Crippen LogP contribution in [0.4, 0.5) is 0 Å². The van der Waals surface area contributed by atoms with Crippen LogP contribution in [0.25, 0.3) is 0 Å². The van der Waals surface area contributed by atoms with Crippen molar-refractivity contribution in [1.29, 1.82) is 0 Å². The van der Waals surface area contributed by atoms with Gasteiger partial charge in [0.15, 0.2) is 5.78 Å². The van der Waals surface area contributed by atoms with Crippen molar-refractivity contribution >= 4 is 5.78 Å². The molecule has 4 heteroatoms. The Morgan fingerprint density at radius 2 is 1.38 bits per heavy atom. The number of hydrogen-bond donors (Lipinski definition) is 1. The maximum Gasteiger partial charge on any atom is 0.170 e. The smallest absolute Gasteiger partial charge is 0.170 e. The minimum atomic E-state index is -0.646. The van der Waals surface area contributed by atoms with E-state index in [1.54, 1.807) is 7.11 Å². The van der Waals surface area contributed by atoms with Crippen LogP contribution in [0.3, 0.4) is 0 Å². The van der Waals surface area contributed by atoms with Gasteiger partial charge in [0, 0.05) is 37.6 Å². The van der Waals surface area contributed by atoms with Crippen molar-refractivity contribution in [3.05, 3.63) is 0 Å². The molecule has 2 aliphatic heterocycles. The van der Waals surface area contributed by atoms with Crippen LogP contribution in [0.2, 0.25) is 0 Å². The highest BCUT2D eigenvalue weighted by Gasteiger charge is 2.65. The van der Waals surface area contributed by atoms with E-state index < -0.39 is 5.60 Å². The van der Waals surface area contributed by atoms with Gasteiger partial charge in [0.1, 0.15) is 5.60 Å². The Hall–Kier alpha value is -0.450. The molecule has 0 radical (unpaired) electrons. The Morgan fingerprint density at radius 3 is 1.84 bits per heavy atom. The van der Waals surface area contributed by atoms with Crippen LogP contribution in [0.5, 0.6) is 0 Å². The molecule has 3 aliphatic rings. The quantitative estimate of drug-likeness (QED) is 0.525. The number of hydrogen-bond acceptors (Lipinski definition) is 4. The monoisotopic (exact) mass is 449 g/mol. The summed E-state index contributed by atoms with van der Waals surface area (Å²) >= 11 is 0. The normalized spacial score (nSPS) is 31.2. The van der Waals surface area contributed by atoms with Gasteiger partial charge in [-0.3, -0.25) is 4.79 Å². The highest BCUT2D eigenvalue weighted by atomic mass is 16.5. The summed E-state index contributed by atoms with van der Waals surface area (Å²) in [4.78, 5) is 14.4. The Balaban J connectivity index is 1.94. The molecular weight excluding hydrogens is 398 g/mol. The second kappa shape index (κ2) is 10.4. The Morgan fingerprint density at radius 1 is 0.906 bits per heavy atom. The van der Waals surface area contributed by atoms with Crippen molar-refractivity contribution in [1.82, 2.24) is 5.32 Å². The molecule has 0 aromatic heterocycles. The average molecular weight is 450 g/mol. The first-order valence-corrected chi connectivity index (χ1v) is 13.6. The summed E-state index contributed by atoms with van der Waals surface area (Å²) in [6.07, 6.45) is 16.2. The number of nitrogens with one attached hydrogen (secondary N) is 1. The zero-order chi connectivity index (χ0) is 23.5. The largest absolute Gasteiger partial charge is 0.384 e. The predicted octanol–water partition coefficient (Wildman–Crippen LogP) is 6.60. The number of Topliss-reactive ketones (excluding diaryl/α,β-unsaturated/α-hetero) is 1. The second-order valence-electron chi connectivity index (χ2n) is 12.8. The molecule has 0 amide bonds. The summed E-state index contributed by atoms with van der Waals surface area (Å²) in [5.74, 6) is 0.768. The lowest BCUT2D eigenvalue weighted by molar-refractivity contribution is -0.166. The molecule has 186 valence electrons. The maximum absolute atomic E-state index is 14.4. The van der Waals surface area contributed by atoms with E-state index in [1.807, 2.05) is 0 Å². The van der Waals surface area contributed by atoms with Crippen LogP contribution in [-0.2, 0) is 14.3 Å². The van der Waals surface area contributed by atoms with E-state index in [4.69, 9.17) is 9.47 Å². The molecule has 32 heavy (non-hydrogen) atoms. The van der Waals surface area contributed by atoms with Crippen molar-refractivity contribution in [2.24, 2.45) is 11.8 Å². The van der Waals surface area contributed by atoms with E-state index in [9.17, 15) is 4.79 Å². The molecule has 2 unspecified atom stereocenters. The first-order valence-electron chi connectivity index (χ1n) is 13.6. The summed E-state index contributed by atoms with van der Waals surface area (Å²) in [6, 6.07) is 0. The lowest BCUT2D eigenvalue weighted by Gasteiger charge is -2.51. The van der Waals surface area contributed by atoms with Crippen molar-refractivity contribution in [3.63, 3.8) is 0 Å². The number of piperidine rings is 1. The molecule has 3 rings (SSSR count). The van der Waals surface area contributed by atoms with E-state index in [0.29, 0.717) is 18.3 Å². The number of carbonyl (C=O) groups is 1. The molecule has 0 bridgehead atoms. The number of ether oxygens (including phenoxy) is 2. The van der Waals surface area contributed by atoms with Gasteiger partial charge in [-0.25, -0.2) is 0 Å². The molecule has 0 aromatic rings. The number of rotatable bonds is 4. The molecule has 1 saturated carbocycles. The first-order chi connectivity index (χ1) is 15.0. The van der Waals surface area contributed by atoms with Crippen molar-refractivity contribution in [2.45, 2.75) is 147 Å². The predicted molar refractivity (Wildman–Crippen MR) is 132 cm³/mol. The fourth-order valence-corrected chi connectivity index (χ4v) is 7.55. The molecule has 2 atom stereocenters. The van der Waals surface area contributed by atoms with Gasteiger partial charge in [-0.1, -0.05) is 64.7 Å². The summed E-state index contributed by atoms with van der Waals surface area (Å²) in [7, 11) is 1.77. The number of carbonyl (C=O) groups excluding carboxylic acids is 1. The fraction of sp³-hybridized carbons (Fsp3) is 0.964. The van der Waals surface area contributed by atoms with Crippen molar-refractivity contribution in [3.8, 4) is 0 Å². The van der Waals surface area contributed by atoms with Gasteiger partial charge in [0.05, 0.1) is 11.5 Å². The summed E-state index contributed by atoms with van der Waals surface area (Å²) in [5, 5.41) is 3.77. The summed E-state index contributed by atoms with van der Waals surface area (Å²) in [6.45, 7) is 11.9. The Kier molecular flexibility index (Phi) is 8.53. The first kappa shape index (κ1) is 26.2. The third kappa shape index (κ3) is 6.16. The molecular formula is C28H51NO3. The summed E-state index contributed by atoms with van der Waals surface area (Å²) < 4.78 is 12.7. The Labute approximate surface area is 198 Å². The number of ketones is 1. The third-order valence-electron chi connectivity index (χ3n) is 8.22. The van der Waals surface area contributed by atoms with Crippen LogP contribution in [0, 0.1) is 11.8 Å². The number of methoxy groups -OCH3 is 1. The van der Waals surface area contributed by atoms with Gasteiger partial charge in [-0.2, -0.15) is 0 Å². The lowest BCUT2D eigenvalue weighted by Crippen LogP contribution is -2.65. The van der Waals surface area contributed by atoms with Crippen molar-refractivity contribution < 1.29 is 14.3 Å². The van der Waals surface area contributed by atoms with Gasteiger partial charge in [-0.05, 0) is 52.9 Å². The van der Waals surface area contributed by atoms with E-state index in [0.717, 1.165) is 32.1 Å². The highest BCUT2D eigenvalue weighted by Crippen LogP contribution is 2.54. The standard InChI is InChI=1S/C28H51NO3/c1-22(19-31-6)18-23-24(30)28(20-25(2,3)29-26(4,5)21-28)32-27(23)16-14-12-10-8-7-9-11-13-15-17-27/h22-23,29H,7-21H2,1-6H3. The van der Waals surface area contributed by atoms with Gasteiger partial charge in [-0.15, -0.1) is 0 Å². The van der Waals surface area contributed by atoms with Crippen LogP contribution in [0.1, 0.15) is 125 Å². The second-order valence-corrected chi connectivity index (χ2v) is 12.8. The zero-order valence-electron chi connectivity index (χ0n) is 22.0. The maximum atomic E-state index is 14.4.